The Bertz CT molecular complexity index is 330. The Morgan fingerprint density at radius 3 is 1.88 bits per heavy atom. The molecular formula is C13H19F2N. The van der Waals surface area contributed by atoms with E-state index in [4.69, 9.17) is 0 Å². The molecule has 0 saturated carbocycles. The number of benzene rings is 1. The molecule has 0 amide bonds. The average Bonchev–Trinajstić information content (AvgIpc) is 2.16. The molecule has 3 heteroatoms. The molecule has 2 unspecified atom stereocenters. The second-order valence-electron chi connectivity index (χ2n) is 4.55. The van der Waals surface area contributed by atoms with Crippen molar-refractivity contribution in [1.82, 2.24) is 5.32 Å². The van der Waals surface area contributed by atoms with Gasteiger partial charge in [-0.05, 0) is 36.6 Å². The first-order valence-corrected chi connectivity index (χ1v) is 5.59. The number of rotatable bonds is 4. The monoisotopic (exact) mass is 227 g/mol. The lowest BCUT2D eigenvalue weighted by molar-refractivity contribution is 0.374. The maximum Gasteiger partial charge on any atom is 0.126 e. The van der Waals surface area contributed by atoms with Crippen LogP contribution >= 0.6 is 0 Å². The second kappa shape index (κ2) is 5.39. The highest BCUT2D eigenvalue weighted by molar-refractivity contribution is 5.23. The van der Waals surface area contributed by atoms with Crippen LogP contribution in [0.25, 0.3) is 0 Å². The van der Waals surface area contributed by atoms with Crippen LogP contribution in [0.1, 0.15) is 32.3 Å². The minimum Gasteiger partial charge on any atom is -0.316 e. The van der Waals surface area contributed by atoms with Crippen molar-refractivity contribution in [2.45, 2.75) is 32.7 Å². The van der Waals surface area contributed by atoms with Gasteiger partial charge < -0.3 is 5.32 Å². The van der Waals surface area contributed by atoms with Gasteiger partial charge in [-0.15, -0.1) is 0 Å². The van der Waals surface area contributed by atoms with Gasteiger partial charge in [-0.25, -0.2) is 8.78 Å². The summed E-state index contributed by atoms with van der Waals surface area (Å²) in [5, 5.41) is 3.19. The van der Waals surface area contributed by atoms with Crippen molar-refractivity contribution in [2.75, 3.05) is 7.05 Å². The number of halogens is 2. The number of hydrogen-bond donors (Lipinski definition) is 1. The Labute approximate surface area is 95.9 Å². The first kappa shape index (κ1) is 13.1. The Morgan fingerprint density at radius 1 is 1.00 bits per heavy atom. The third-order valence-corrected chi connectivity index (χ3v) is 3.00. The highest BCUT2D eigenvalue weighted by atomic mass is 19.1. The van der Waals surface area contributed by atoms with E-state index in [0.29, 0.717) is 11.5 Å². The molecule has 1 rings (SSSR count). The molecule has 90 valence electrons. The molecule has 0 heterocycles. The van der Waals surface area contributed by atoms with Crippen LogP contribution in [0.4, 0.5) is 8.78 Å². The van der Waals surface area contributed by atoms with Crippen LogP contribution in [0, 0.1) is 17.6 Å². The summed E-state index contributed by atoms with van der Waals surface area (Å²) in [4.78, 5) is 0. The third-order valence-electron chi connectivity index (χ3n) is 3.00. The standard InChI is InChI=1S/C13H19F2N/c1-8(2)13(16-4)9(3)10-5-11(14)7-12(15)6-10/h5-9,13,16H,1-4H3. The van der Waals surface area contributed by atoms with Crippen LogP contribution in [0.2, 0.25) is 0 Å². The molecule has 0 aliphatic rings. The highest BCUT2D eigenvalue weighted by Gasteiger charge is 2.21. The first-order valence-electron chi connectivity index (χ1n) is 5.59. The van der Waals surface area contributed by atoms with Gasteiger partial charge in [0.25, 0.3) is 0 Å². The molecule has 0 radical (unpaired) electrons. The Kier molecular flexibility index (Phi) is 4.42. The van der Waals surface area contributed by atoms with Crippen molar-refractivity contribution < 1.29 is 8.78 Å². The summed E-state index contributed by atoms with van der Waals surface area (Å²) in [7, 11) is 1.87. The van der Waals surface area contributed by atoms with Gasteiger partial charge in [0.05, 0.1) is 0 Å². The quantitative estimate of drug-likeness (QED) is 0.832. The fourth-order valence-corrected chi connectivity index (χ4v) is 2.21. The molecule has 0 aliphatic heterocycles. The largest absolute Gasteiger partial charge is 0.316 e. The fourth-order valence-electron chi connectivity index (χ4n) is 2.21. The lowest BCUT2D eigenvalue weighted by Gasteiger charge is -2.27. The van der Waals surface area contributed by atoms with Crippen molar-refractivity contribution in [3.8, 4) is 0 Å². The second-order valence-corrected chi connectivity index (χ2v) is 4.55. The maximum atomic E-state index is 13.1. The molecule has 1 aromatic carbocycles. The van der Waals surface area contributed by atoms with Crippen LogP contribution in [-0.4, -0.2) is 13.1 Å². The SMILES string of the molecule is CNC(C(C)C)C(C)c1cc(F)cc(F)c1. The van der Waals surface area contributed by atoms with E-state index in [-0.39, 0.29) is 12.0 Å². The van der Waals surface area contributed by atoms with E-state index in [1.54, 1.807) is 0 Å². The van der Waals surface area contributed by atoms with Crippen molar-refractivity contribution in [1.29, 1.82) is 0 Å². The third kappa shape index (κ3) is 3.01. The lowest BCUT2D eigenvalue weighted by atomic mass is 9.86. The van der Waals surface area contributed by atoms with E-state index < -0.39 is 11.6 Å². The molecular weight excluding hydrogens is 208 g/mol. The molecule has 2 atom stereocenters. The lowest BCUT2D eigenvalue weighted by Crippen LogP contribution is -2.35. The zero-order chi connectivity index (χ0) is 12.3. The van der Waals surface area contributed by atoms with Crippen LogP contribution < -0.4 is 5.32 Å². The van der Waals surface area contributed by atoms with E-state index in [2.05, 4.69) is 19.2 Å². The summed E-state index contributed by atoms with van der Waals surface area (Å²) in [5.41, 5.74) is 0.700. The molecule has 1 aromatic rings. The molecule has 0 fully saturated rings. The zero-order valence-electron chi connectivity index (χ0n) is 10.2. The Morgan fingerprint density at radius 2 is 1.50 bits per heavy atom. The number of likely N-dealkylation sites (N-methyl/N-ethyl adjacent to an activating group) is 1. The minimum atomic E-state index is -0.513. The van der Waals surface area contributed by atoms with Crippen molar-refractivity contribution in [3.05, 3.63) is 35.4 Å². The fraction of sp³-hybridized carbons (Fsp3) is 0.538. The Balaban J connectivity index is 2.98. The van der Waals surface area contributed by atoms with Crippen molar-refractivity contribution in [3.63, 3.8) is 0 Å². The van der Waals surface area contributed by atoms with Gasteiger partial charge in [0, 0.05) is 12.1 Å². The normalized spacial score (nSPS) is 15.2. The zero-order valence-corrected chi connectivity index (χ0v) is 10.2. The Hall–Kier alpha value is -0.960. The van der Waals surface area contributed by atoms with Crippen LogP contribution in [0.3, 0.4) is 0 Å². The van der Waals surface area contributed by atoms with E-state index in [9.17, 15) is 8.78 Å². The van der Waals surface area contributed by atoms with Crippen molar-refractivity contribution >= 4 is 0 Å². The number of hydrogen-bond acceptors (Lipinski definition) is 1. The van der Waals surface area contributed by atoms with Gasteiger partial charge in [-0.1, -0.05) is 20.8 Å². The van der Waals surface area contributed by atoms with Crippen LogP contribution in [0.15, 0.2) is 18.2 Å². The molecule has 0 spiro atoms. The summed E-state index contributed by atoms with van der Waals surface area (Å²) in [6, 6.07) is 3.92. The van der Waals surface area contributed by atoms with E-state index in [1.807, 2.05) is 14.0 Å². The highest BCUT2D eigenvalue weighted by Crippen LogP contribution is 2.25. The van der Waals surface area contributed by atoms with Gasteiger partial charge in [0.15, 0.2) is 0 Å². The van der Waals surface area contributed by atoms with Crippen LogP contribution in [-0.2, 0) is 0 Å². The predicted molar refractivity (Wildman–Crippen MR) is 62.5 cm³/mol. The van der Waals surface area contributed by atoms with Crippen molar-refractivity contribution in [2.24, 2.45) is 5.92 Å². The van der Waals surface area contributed by atoms with Gasteiger partial charge in [0.2, 0.25) is 0 Å². The summed E-state index contributed by atoms with van der Waals surface area (Å²) >= 11 is 0. The molecule has 16 heavy (non-hydrogen) atoms. The van der Waals surface area contributed by atoms with Crippen LogP contribution in [0.5, 0.6) is 0 Å². The molecule has 1 N–H and O–H groups in total. The van der Waals surface area contributed by atoms with E-state index in [1.165, 1.54) is 12.1 Å². The topological polar surface area (TPSA) is 12.0 Å². The summed E-state index contributed by atoms with van der Waals surface area (Å²) < 4.78 is 26.2. The maximum absolute atomic E-state index is 13.1. The predicted octanol–water partition coefficient (Wildman–Crippen LogP) is 3.31. The summed E-state index contributed by atoms with van der Waals surface area (Å²) in [5.74, 6) is -0.539. The average molecular weight is 227 g/mol. The number of nitrogens with one attached hydrogen (secondary N) is 1. The summed E-state index contributed by atoms with van der Waals surface area (Å²) in [6.07, 6.45) is 0. The molecule has 0 aliphatic carbocycles. The molecule has 0 bridgehead atoms. The van der Waals surface area contributed by atoms with Gasteiger partial charge in [-0.3, -0.25) is 0 Å². The molecule has 0 saturated heterocycles. The molecule has 0 aromatic heterocycles. The smallest absolute Gasteiger partial charge is 0.126 e. The van der Waals surface area contributed by atoms with Gasteiger partial charge >= 0.3 is 0 Å². The summed E-state index contributed by atoms with van der Waals surface area (Å²) in [6.45, 7) is 6.16. The van der Waals surface area contributed by atoms with E-state index >= 15 is 0 Å². The first-order chi connectivity index (χ1) is 7.45. The molecule has 1 nitrogen and oxygen atoms in total. The van der Waals surface area contributed by atoms with Gasteiger partial charge in [-0.2, -0.15) is 0 Å². The van der Waals surface area contributed by atoms with E-state index in [0.717, 1.165) is 6.07 Å². The van der Waals surface area contributed by atoms with Gasteiger partial charge in [0.1, 0.15) is 11.6 Å². The minimum absolute atomic E-state index is 0.0789.